The minimum Gasteiger partial charge on any atom is -0.494 e. The van der Waals surface area contributed by atoms with Crippen molar-refractivity contribution >= 4 is 61.0 Å². The third kappa shape index (κ3) is 3.06. The highest BCUT2D eigenvalue weighted by Gasteiger charge is 2.15. The van der Waals surface area contributed by atoms with E-state index in [-0.39, 0.29) is 12.5 Å². The van der Waals surface area contributed by atoms with Gasteiger partial charge in [0.25, 0.3) is 0 Å². The van der Waals surface area contributed by atoms with Gasteiger partial charge in [0.05, 0.1) is 35.8 Å². The maximum Gasteiger partial charge on any atom is 0.244 e. The highest BCUT2D eigenvalue weighted by atomic mass is 32.1. The standard InChI is InChI=1S/C17H15N5O2S2/c1-22(17-19-16-12(24-2)7-4-8-13(16)25-17)9-14(23)18-10-5-3-6-11-15(10)21-26-20-11/h3-8H,9H2,1-2H3,(H,18,23). The van der Waals surface area contributed by atoms with Crippen LogP contribution in [-0.2, 0) is 4.79 Å². The van der Waals surface area contributed by atoms with Crippen molar-refractivity contribution in [3.63, 3.8) is 0 Å². The van der Waals surface area contributed by atoms with E-state index in [1.807, 2.05) is 48.3 Å². The van der Waals surface area contributed by atoms with E-state index in [1.54, 1.807) is 7.11 Å². The molecule has 0 aliphatic rings. The summed E-state index contributed by atoms with van der Waals surface area (Å²) in [6.45, 7) is 0.177. The van der Waals surface area contributed by atoms with Crippen LogP contribution >= 0.6 is 23.1 Å². The molecule has 2 aromatic carbocycles. The molecule has 9 heteroatoms. The first-order valence-electron chi connectivity index (χ1n) is 7.81. The Morgan fingerprint density at radius 2 is 2.04 bits per heavy atom. The number of nitrogens with one attached hydrogen (secondary N) is 1. The zero-order valence-electron chi connectivity index (χ0n) is 14.1. The molecule has 2 heterocycles. The molecule has 0 spiro atoms. The lowest BCUT2D eigenvalue weighted by molar-refractivity contribution is -0.114. The molecule has 0 fully saturated rings. The number of hydrogen-bond acceptors (Lipinski definition) is 8. The highest BCUT2D eigenvalue weighted by molar-refractivity contribution is 7.22. The number of fused-ring (bicyclic) bond motifs is 2. The minimum absolute atomic E-state index is 0.140. The number of thiazole rings is 1. The number of ether oxygens (including phenoxy) is 1. The Morgan fingerprint density at radius 3 is 2.88 bits per heavy atom. The van der Waals surface area contributed by atoms with Gasteiger partial charge >= 0.3 is 0 Å². The van der Waals surface area contributed by atoms with E-state index in [4.69, 9.17) is 4.74 Å². The first kappa shape index (κ1) is 16.7. The molecule has 1 N–H and O–H groups in total. The number of methoxy groups -OCH3 is 1. The van der Waals surface area contributed by atoms with Crippen molar-refractivity contribution < 1.29 is 9.53 Å². The SMILES string of the molecule is COc1cccc2sc(N(C)CC(=O)Nc3cccc4nsnc34)nc12. The summed E-state index contributed by atoms with van der Waals surface area (Å²) in [7, 11) is 3.47. The Bertz CT molecular complexity index is 1090. The fourth-order valence-electron chi connectivity index (χ4n) is 2.62. The Balaban J connectivity index is 1.51. The van der Waals surface area contributed by atoms with Crippen molar-refractivity contribution in [2.75, 3.05) is 30.9 Å². The lowest BCUT2D eigenvalue weighted by atomic mass is 10.2. The molecule has 0 bridgehead atoms. The second-order valence-corrected chi connectivity index (χ2v) is 7.18. The topological polar surface area (TPSA) is 80.2 Å². The van der Waals surface area contributed by atoms with Crippen LogP contribution < -0.4 is 15.0 Å². The average molecular weight is 385 g/mol. The largest absolute Gasteiger partial charge is 0.494 e. The van der Waals surface area contributed by atoms with Crippen LogP contribution in [0.1, 0.15) is 0 Å². The van der Waals surface area contributed by atoms with Crippen LogP contribution in [0.15, 0.2) is 36.4 Å². The van der Waals surface area contributed by atoms with Crippen molar-refractivity contribution in [3.05, 3.63) is 36.4 Å². The van der Waals surface area contributed by atoms with Crippen LogP contribution in [0.25, 0.3) is 21.3 Å². The maximum atomic E-state index is 12.5. The first-order chi connectivity index (χ1) is 12.7. The van der Waals surface area contributed by atoms with E-state index in [2.05, 4.69) is 19.0 Å². The monoisotopic (exact) mass is 385 g/mol. The second-order valence-electron chi connectivity index (χ2n) is 5.65. The van der Waals surface area contributed by atoms with Gasteiger partial charge < -0.3 is 15.0 Å². The van der Waals surface area contributed by atoms with Gasteiger partial charge in [0.15, 0.2) is 5.13 Å². The fraction of sp³-hybridized carbons (Fsp3) is 0.176. The third-order valence-corrected chi connectivity index (χ3v) is 5.54. The molecule has 7 nitrogen and oxygen atoms in total. The van der Waals surface area contributed by atoms with Crippen LogP contribution in [0.5, 0.6) is 5.75 Å². The van der Waals surface area contributed by atoms with E-state index in [9.17, 15) is 4.79 Å². The van der Waals surface area contributed by atoms with Crippen LogP contribution in [0.3, 0.4) is 0 Å². The number of benzene rings is 2. The van der Waals surface area contributed by atoms with Gasteiger partial charge in [0, 0.05) is 7.05 Å². The number of carbonyl (C=O) groups is 1. The quantitative estimate of drug-likeness (QED) is 0.567. The number of aromatic nitrogens is 3. The molecule has 0 atom stereocenters. The number of rotatable bonds is 5. The van der Waals surface area contributed by atoms with Gasteiger partial charge in [0.2, 0.25) is 5.91 Å². The Hall–Kier alpha value is -2.78. The molecule has 0 unspecified atom stereocenters. The molecule has 0 saturated carbocycles. The summed E-state index contributed by atoms with van der Waals surface area (Å²) in [5.41, 5.74) is 2.96. The number of likely N-dealkylation sites (N-methyl/N-ethyl adjacent to an activating group) is 1. The number of hydrogen-bond donors (Lipinski definition) is 1. The molecule has 4 rings (SSSR count). The van der Waals surface area contributed by atoms with Crippen LogP contribution in [-0.4, -0.2) is 40.3 Å². The van der Waals surface area contributed by atoms with Crippen molar-refractivity contribution in [2.45, 2.75) is 0 Å². The van der Waals surface area contributed by atoms with Gasteiger partial charge in [-0.2, -0.15) is 8.75 Å². The van der Waals surface area contributed by atoms with Crippen molar-refractivity contribution in [2.24, 2.45) is 0 Å². The van der Waals surface area contributed by atoms with Gasteiger partial charge in [0.1, 0.15) is 22.3 Å². The summed E-state index contributed by atoms with van der Waals surface area (Å²) < 4.78 is 14.8. The maximum absolute atomic E-state index is 12.5. The average Bonchev–Trinajstić information content (AvgIpc) is 3.28. The molecular formula is C17H15N5O2S2. The predicted molar refractivity (Wildman–Crippen MR) is 105 cm³/mol. The molecule has 4 aromatic rings. The predicted octanol–water partition coefficient (Wildman–Crippen LogP) is 3.38. The van der Waals surface area contributed by atoms with Crippen LogP contribution in [0, 0.1) is 0 Å². The molecular weight excluding hydrogens is 370 g/mol. The summed E-state index contributed by atoms with van der Waals surface area (Å²) in [4.78, 5) is 18.9. The second kappa shape index (κ2) is 6.85. The smallest absolute Gasteiger partial charge is 0.244 e. The summed E-state index contributed by atoms with van der Waals surface area (Å²) >= 11 is 2.65. The molecule has 0 aliphatic heterocycles. The van der Waals surface area contributed by atoms with Crippen LogP contribution in [0.2, 0.25) is 0 Å². The van der Waals surface area contributed by atoms with E-state index in [0.717, 1.165) is 38.3 Å². The summed E-state index contributed by atoms with van der Waals surface area (Å²) in [5, 5.41) is 3.66. The Labute approximate surface area is 157 Å². The van der Waals surface area contributed by atoms with Crippen LogP contribution in [0.4, 0.5) is 10.8 Å². The van der Waals surface area contributed by atoms with Crippen molar-refractivity contribution in [1.82, 2.24) is 13.7 Å². The van der Waals surface area contributed by atoms with Gasteiger partial charge in [-0.25, -0.2) is 4.98 Å². The van der Waals surface area contributed by atoms with Gasteiger partial charge in [-0.15, -0.1) is 0 Å². The lowest BCUT2D eigenvalue weighted by Gasteiger charge is -2.15. The summed E-state index contributed by atoms with van der Waals surface area (Å²) in [6, 6.07) is 11.3. The number of amides is 1. The lowest BCUT2D eigenvalue weighted by Crippen LogP contribution is -2.30. The number of anilines is 2. The number of para-hydroxylation sites is 1. The third-order valence-electron chi connectivity index (χ3n) is 3.86. The summed E-state index contributed by atoms with van der Waals surface area (Å²) in [5.74, 6) is 0.588. The molecule has 2 aromatic heterocycles. The first-order valence-corrected chi connectivity index (χ1v) is 9.36. The van der Waals surface area contributed by atoms with Gasteiger partial charge in [-0.05, 0) is 24.3 Å². The van der Waals surface area contributed by atoms with E-state index >= 15 is 0 Å². The zero-order valence-corrected chi connectivity index (χ0v) is 15.7. The summed E-state index contributed by atoms with van der Waals surface area (Å²) in [6.07, 6.45) is 0. The Morgan fingerprint density at radius 1 is 1.19 bits per heavy atom. The molecule has 0 radical (unpaired) electrons. The Kier molecular flexibility index (Phi) is 4.39. The molecule has 0 aliphatic carbocycles. The van der Waals surface area contributed by atoms with Gasteiger partial charge in [-0.3, -0.25) is 4.79 Å². The van der Waals surface area contributed by atoms with Crippen molar-refractivity contribution in [1.29, 1.82) is 0 Å². The van der Waals surface area contributed by atoms with E-state index < -0.39 is 0 Å². The molecule has 26 heavy (non-hydrogen) atoms. The number of carbonyl (C=O) groups excluding carboxylic acids is 1. The normalized spacial score (nSPS) is 11.0. The highest BCUT2D eigenvalue weighted by Crippen LogP contribution is 2.33. The van der Waals surface area contributed by atoms with Gasteiger partial charge in [-0.1, -0.05) is 23.5 Å². The molecule has 132 valence electrons. The minimum atomic E-state index is -0.140. The van der Waals surface area contributed by atoms with Crippen molar-refractivity contribution in [3.8, 4) is 5.75 Å². The van der Waals surface area contributed by atoms with E-state index in [1.165, 1.54) is 11.3 Å². The molecule has 1 amide bonds. The fourth-order valence-corrected chi connectivity index (χ4v) is 4.11. The van der Waals surface area contributed by atoms with E-state index in [0.29, 0.717) is 11.2 Å². The molecule has 0 saturated heterocycles. The zero-order chi connectivity index (χ0) is 18.1. The number of nitrogens with zero attached hydrogens (tertiary/aromatic N) is 4.